The Labute approximate surface area is 157 Å². The van der Waals surface area contributed by atoms with Gasteiger partial charge in [-0.1, -0.05) is 0 Å². The van der Waals surface area contributed by atoms with Gasteiger partial charge in [0.2, 0.25) is 0 Å². The van der Waals surface area contributed by atoms with Crippen molar-refractivity contribution < 1.29 is 0 Å². The van der Waals surface area contributed by atoms with Crippen LogP contribution in [0.5, 0.6) is 0 Å². The van der Waals surface area contributed by atoms with Gasteiger partial charge in [0.25, 0.3) is 0 Å². The van der Waals surface area contributed by atoms with Crippen molar-refractivity contribution in [3.63, 3.8) is 0 Å². The molecule has 0 heterocycles. The molecule has 0 atom stereocenters. The van der Waals surface area contributed by atoms with Crippen molar-refractivity contribution in [1.29, 1.82) is 0 Å². The van der Waals surface area contributed by atoms with Crippen molar-refractivity contribution in [3.05, 3.63) is 88.0 Å². The van der Waals surface area contributed by atoms with Crippen LogP contribution < -0.4 is 13.1 Å². The van der Waals surface area contributed by atoms with Crippen LogP contribution in [-0.4, -0.2) is 14.7 Å². The zero-order valence-electron chi connectivity index (χ0n) is 16.1. The Morgan fingerprint density at radius 3 is 0.960 bits per heavy atom. The van der Waals surface area contributed by atoms with Crippen LogP contribution in [0, 0.1) is 41.5 Å². The van der Waals surface area contributed by atoms with Crippen LogP contribution >= 0.6 is 0 Å². The Morgan fingerprint density at radius 1 is 0.440 bits per heavy atom. The number of aryl methyl sites for hydroxylation is 6. The molecular weight excluding hydrogens is 363 g/mol. The Kier molecular flexibility index (Phi) is 5.21. The molecular formula is C24H27As. The fourth-order valence-electron chi connectivity index (χ4n) is 3.56. The molecule has 0 amide bonds. The molecule has 0 N–H and O–H groups in total. The van der Waals surface area contributed by atoms with Crippen molar-refractivity contribution in [3.8, 4) is 0 Å². The van der Waals surface area contributed by atoms with Gasteiger partial charge < -0.3 is 0 Å². The number of hydrogen-bond acceptors (Lipinski definition) is 0. The van der Waals surface area contributed by atoms with E-state index in [2.05, 4.69) is 96.1 Å². The van der Waals surface area contributed by atoms with Crippen LogP contribution in [0.3, 0.4) is 0 Å². The molecule has 3 aromatic carbocycles. The summed E-state index contributed by atoms with van der Waals surface area (Å²) < 4.78 is 4.66. The molecule has 0 aliphatic heterocycles. The van der Waals surface area contributed by atoms with Crippen molar-refractivity contribution in [2.45, 2.75) is 41.5 Å². The van der Waals surface area contributed by atoms with Gasteiger partial charge in [-0.15, -0.1) is 0 Å². The average molecular weight is 390 g/mol. The van der Waals surface area contributed by atoms with E-state index in [-0.39, 0.29) is 0 Å². The van der Waals surface area contributed by atoms with Gasteiger partial charge in [-0.25, -0.2) is 0 Å². The summed E-state index contributed by atoms with van der Waals surface area (Å²) in [7, 11) is 0. The molecule has 0 saturated carbocycles. The summed E-state index contributed by atoms with van der Waals surface area (Å²) in [5.41, 5.74) is 8.32. The minimum atomic E-state index is -1.58. The first-order chi connectivity index (χ1) is 11.9. The Bertz CT molecular complexity index is 799. The number of rotatable bonds is 3. The van der Waals surface area contributed by atoms with E-state index in [1.165, 1.54) is 33.4 Å². The Morgan fingerprint density at radius 2 is 0.720 bits per heavy atom. The Balaban J connectivity index is 2.27. The summed E-state index contributed by atoms with van der Waals surface area (Å²) in [6.45, 7) is 13.4. The minimum absolute atomic E-state index is 1.34. The van der Waals surface area contributed by atoms with Crippen molar-refractivity contribution in [2.75, 3.05) is 0 Å². The fourth-order valence-corrected chi connectivity index (χ4v) is 9.23. The van der Waals surface area contributed by atoms with E-state index >= 15 is 0 Å². The second kappa shape index (κ2) is 7.22. The van der Waals surface area contributed by atoms with Crippen LogP contribution in [0.25, 0.3) is 0 Å². The third-order valence-electron chi connectivity index (χ3n) is 4.78. The van der Waals surface area contributed by atoms with E-state index in [0.717, 1.165) is 0 Å². The number of benzene rings is 3. The van der Waals surface area contributed by atoms with Gasteiger partial charge in [0.15, 0.2) is 0 Å². The zero-order valence-corrected chi connectivity index (χ0v) is 18.0. The summed E-state index contributed by atoms with van der Waals surface area (Å²) in [6, 6.07) is 21.0. The van der Waals surface area contributed by atoms with Gasteiger partial charge in [-0.05, 0) is 0 Å². The van der Waals surface area contributed by atoms with E-state index in [1.807, 2.05) is 0 Å². The first kappa shape index (κ1) is 18.0. The average Bonchev–Trinajstić information content (AvgIpc) is 2.52. The van der Waals surface area contributed by atoms with Crippen molar-refractivity contribution in [1.82, 2.24) is 0 Å². The first-order valence-electron chi connectivity index (χ1n) is 8.88. The SMILES string of the molecule is Cc1ccc([As](c2ccc(C)cc2C)c2ccc(C)cc2C)c(C)c1. The molecule has 0 aliphatic carbocycles. The van der Waals surface area contributed by atoms with Crippen LogP contribution in [0.1, 0.15) is 33.4 Å². The van der Waals surface area contributed by atoms with E-state index in [1.54, 1.807) is 13.1 Å². The van der Waals surface area contributed by atoms with Gasteiger partial charge in [-0.3, -0.25) is 0 Å². The fraction of sp³-hybridized carbons (Fsp3) is 0.250. The summed E-state index contributed by atoms with van der Waals surface area (Å²) in [6.07, 6.45) is 0. The molecule has 0 aliphatic rings. The second-order valence-electron chi connectivity index (χ2n) is 7.21. The van der Waals surface area contributed by atoms with E-state index in [9.17, 15) is 0 Å². The topological polar surface area (TPSA) is 0 Å². The van der Waals surface area contributed by atoms with Gasteiger partial charge in [0, 0.05) is 0 Å². The van der Waals surface area contributed by atoms with Crippen LogP contribution in [0.2, 0.25) is 0 Å². The van der Waals surface area contributed by atoms with E-state index in [0.29, 0.717) is 0 Å². The molecule has 25 heavy (non-hydrogen) atoms. The molecule has 3 aromatic rings. The Hall–Kier alpha value is -1.78. The van der Waals surface area contributed by atoms with Gasteiger partial charge in [-0.2, -0.15) is 0 Å². The van der Waals surface area contributed by atoms with Gasteiger partial charge >= 0.3 is 157 Å². The molecule has 0 bridgehead atoms. The van der Waals surface area contributed by atoms with E-state index < -0.39 is 14.7 Å². The summed E-state index contributed by atoms with van der Waals surface area (Å²) in [5, 5.41) is 0. The third kappa shape index (κ3) is 3.75. The molecule has 0 nitrogen and oxygen atoms in total. The third-order valence-corrected chi connectivity index (χ3v) is 11.0. The predicted octanol–water partition coefficient (Wildman–Crippen LogP) is 4.05. The summed E-state index contributed by atoms with van der Waals surface area (Å²) >= 11 is -1.58. The molecule has 128 valence electrons. The summed E-state index contributed by atoms with van der Waals surface area (Å²) in [5.74, 6) is 0. The second-order valence-corrected chi connectivity index (χ2v) is 11.6. The molecule has 3 rings (SSSR count). The molecule has 0 aromatic heterocycles. The van der Waals surface area contributed by atoms with E-state index in [4.69, 9.17) is 0 Å². The molecule has 0 unspecified atom stereocenters. The van der Waals surface area contributed by atoms with Crippen LogP contribution in [-0.2, 0) is 0 Å². The summed E-state index contributed by atoms with van der Waals surface area (Å²) in [4.78, 5) is 0. The first-order valence-corrected chi connectivity index (χ1v) is 11.7. The standard InChI is InChI=1S/C24H27As/c1-16-7-10-22(19(4)13-16)25(23-11-8-17(2)14-20(23)5)24-12-9-18(3)15-21(24)6/h7-15H,1-6H3. The quantitative estimate of drug-likeness (QED) is 0.592. The van der Waals surface area contributed by atoms with Gasteiger partial charge in [0.05, 0.1) is 0 Å². The van der Waals surface area contributed by atoms with Crippen molar-refractivity contribution in [2.24, 2.45) is 0 Å². The van der Waals surface area contributed by atoms with Gasteiger partial charge in [0.1, 0.15) is 0 Å². The van der Waals surface area contributed by atoms with Crippen LogP contribution in [0.4, 0.5) is 0 Å². The molecule has 0 spiro atoms. The maximum atomic E-state index is 2.38. The normalized spacial score (nSPS) is 11.2. The molecule has 0 fully saturated rings. The predicted molar refractivity (Wildman–Crippen MR) is 112 cm³/mol. The van der Waals surface area contributed by atoms with Crippen molar-refractivity contribution >= 4 is 27.7 Å². The zero-order chi connectivity index (χ0) is 18.1. The number of hydrogen-bond donors (Lipinski definition) is 0. The van der Waals surface area contributed by atoms with Crippen LogP contribution in [0.15, 0.2) is 54.6 Å². The monoisotopic (exact) mass is 390 g/mol. The molecule has 1 heteroatoms. The maximum absolute atomic E-state index is 2.38. The molecule has 0 radical (unpaired) electrons. The molecule has 0 saturated heterocycles.